The molecule has 0 bridgehead atoms. The summed E-state index contributed by atoms with van der Waals surface area (Å²) in [7, 11) is -7.34. The number of benzene rings is 8. The van der Waals surface area contributed by atoms with Crippen molar-refractivity contribution in [2.24, 2.45) is 0 Å². The first-order valence-electron chi connectivity index (χ1n) is 53.2. The zero-order valence-corrected chi connectivity index (χ0v) is 55.7. The Morgan fingerprint density at radius 2 is 0.915 bits per heavy atom. The van der Waals surface area contributed by atoms with E-state index in [0.29, 0.717) is 54.6 Å². The van der Waals surface area contributed by atoms with Crippen molar-refractivity contribution in [1.82, 2.24) is 28.7 Å². The van der Waals surface area contributed by atoms with Crippen molar-refractivity contribution in [2.45, 2.75) is 111 Å². The fraction of sp³-hybridized carbons (Fsp3) is 0.317. The number of alkyl halides is 6. The molecule has 12 rings (SSSR count). The molecular formula is C82H80F10N6O6S2. The van der Waals surface area contributed by atoms with E-state index in [1.54, 1.807) is 0 Å². The van der Waals surface area contributed by atoms with E-state index >= 15 is 18.4 Å². The Bertz CT molecular complexity index is 7150. The Balaban J connectivity index is 0.000000288. The molecule has 10 aromatic rings. The van der Waals surface area contributed by atoms with Crippen molar-refractivity contribution >= 4 is 57.1 Å². The van der Waals surface area contributed by atoms with E-state index < -0.39 is 356 Å². The Kier molecular flexibility index (Phi) is 12.6. The van der Waals surface area contributed by atoms with Crippen LogP contribution in [-0.4, -0.2) is 119 Å². The minimum atomic E-state index is -4.98. The molecule has 0 atom stereocenters. The minimum Gasteiger partial charge on any atom is -0.383 e. The van der Waals surface area contributed by atoms with Crippen LogP contribution in [0.1, 0.15) is 133 Å². The van der Waals surface area contributed by atoms with Gasteiger partial charge in [-0.15, -0.1) is 23.5 Å². The van der Waals surface area contributed by atoms with E-state index in [9.17, 15) is 69.4 Å². The lowest BCUT2D eigenvalue weighted by molar-refractivity contribution is -0.138. The molecule has 0 unspecified atom stereocenters. The second kappa shape index (κ2) is 35.1. The fourth-order valence-electron chi connectivity index (χ4n) is 9.48. The van der Waals surface area contributed by atoms with Crippen LogP contribution in [0.5, 0.6) is 0 Å². The molecule has 2 aromatic heterocycles. The predicted octanol–water partition coefficient (Wildman–Crippen LogP) is 17.4. The van der Waals surface area contributed by atoms with Crippen LogP contribution >= 0.6 is 23.5 Å². The molecule has 2 aliphatic heterocycles. The summed E-state index contributed by atoms with van der Waals surface area (Å²) in [5.74, 6) is -12.9. The lowest BCUT2D eigenvalue weighted by atomic mass is 10.00. The van der Waals surface area contributed by atoms with Gasteiger partial charge >= 0.3 is 12.4 Å². The molecule has 2 fully saturated rings. The summed E-state index contributed by atoms with van der Waals surface area (Å²) >= 11 is -0.451. The van der Waals surface area contributed by atoms with E-state index in [2.05, 4.69) is 9.47 Å². The Morgan fingerprint density at radius 3 is 1.31 bits per heavy atom. The van der Waals surface area contributed by atoms with Gasteiger partial charge in [0.25, 0.3) is 0 Å². The number of aromatic nitrogens is 2. The molecule has 2 amide bonds. The first-order valence-corrected chi connectivity index (χ1v) is 32.0. The third kappa shape index (κ3) is 19.6. The average Bonchev–Trinajstić information content (AvgIpc) is 0.658. The topological polar surface area (TPSA) is 110 Å². The highest BCUT2D eigenvalue weighted by Crippen LogP contribution is 2.36. The standard InChI is InChI=1S/2C41H40F5N3O3S/c2*1-27-6-15-36-34(22-27)37(50)23-39(53-26-31-4-3-5-35(42)40(31)43)49(36)25-38(51)48(33-16-18-47(19-17-33)20-21-52-2)24-28-7-9-29(10-8-28)30-11-13-32(14-12-30)41(44,45)46/h2*3-15,22-23,33H,16-21,24-26H2,1-2H3/i2D3,6D,15D,16D2,17D2,18D2,19D2,21D2,22D,23D,24D2,25D2,26D2,33D;2D3,6D,15D,16D2,17D2,18D2,19D2,21D2,22D,23D,24D2,25D2,33D. The molecule has 8 aromatic carbocycles. The number of likely N-dealkylation sites (tertiary alicyclic amines) is 2. The molecule has 24 heteroatoms. The number of methoxy groups -OCH3 is 2. The van der Waals surface area contributed by atoms with Gasteiger partial charge in [0.2, 0.25) is 11.8 Å². The predicted molar refractivity (Wildman–Crippen MR) is 395 cm³/mol. The minimum absolute atomic E-state index is 0.00650. The fourth-order valence-corrected chi connectivity index (χ4v) is 11.2. The summed E-state index contributed by atoms with van der Waals surface area (Å²) in [5.41, 5.74) is -16.0. The van der Waals surface area contributed by atoms with Crippen LogP contribution in [0, 0.1) is 37.1 Å². The van der Waals surface area contributed by atoms with Crippen molar-refractivity contribution in [2.75, 3.05) is 66.3 Å². The Hall–Kier alpha value is -9.04. The number of amides is 2. The van der Waals surface area contributed by atoms with E-state index in [-0.39, 0.29) is 43.1 Å². The number of nitrogens with zero attached hydrogens (tertiary/aromatic N) is 6. The monoisotopic (exact) mass is 1540 g/mol. The summed E-state index contributed by atoms with van der Waals surface area (Å²) in [4.78, 5) is 56.8. The Morgan fingerprint density at radius 1 is 0.538 bits per heavy atom. The highest BCUT2D eigenvalue weighted by molar-refractivity contribution is 7.98. The van der Waals surface area contributed by atoms with Crippen molar-refractivity contribution in [3.8, 4) is 22.3 Å². The number of carbonyl (C=O) groups excluding carboxylic acids is 2. The number of hydrogen-bond acceptors (Lipinski definition) is 10. The van der Waals surface area contributed by atoms with Gasteiger partial charge in [-0.05, 0) is 133 Å². The zero-order valence-electron chi connectivity index (χ0n) is 100. The van der Waals surface area contributed by atoms with Gasteiger partial charge in [0.15, 0.2) is 34.1 Å². The quantitative estimate of drug-likeness (QED) is 0.0428. The SMILES string of the molecule is [2H]c1c(C)c([2H])c2c(=O)c([2H])c(SC([2H])([2H])c3cccc(F)c3F)n(C([2H])([2H])C(=O)N(C([2H])([2H])c3ccc(-c4ccc(C(F)(F)F)cc4)cc3)C3([2H])C([2H])([2H])C([2H])([2H])N(CC([2H])([2H])OC([2H])([2H])[2H])C([2H])([2H])C3([2H])[2H])c2c1[2H].[2H]c1c(C)c([2H])c2c(=O)c([2H])c(SCc3cccc(F)c3F)n(C([2H])([2H])C(=O)N(C([2H])([2H])c3ccc(-c4ccc(C(F)(F)F)cc4)cc3)C3([2H])C([2H])([2H])C([2H])([2H])N(CC([2H])([2H])OC([2H])([2H])[2H])C([2H])([2H])C3([2H])[2H])c2c1[2H]. The summed E-state index contributed by atoms with van der Waals surface area (Å²) in [5, 5.41) is -4.88. The van der Waals surface area contributed by atoms with E-state index in [4.69, 9.17) is 38.4 Å². The Labute approximate surface area is 681 Å². The second-order valence-corrected chi connectivity index (χ2v) is 23.5. The van der Waals surface area contributed by atoms with Gasteiger partial charge in [-0.2, -0.15) is 26.3 Å². The van der Waals surface area contributed by atoms with Gasteiger partial charge in [-0.3, -0.25) is 19.2 Å². The molecule has 2 saturated heterocycles. The van der Waals surface area contributed by atoms with Crippen LogP contribution in [0.2, 0.25) is 0 Å². The molecule has 0 aliphatic carbocycles. The summed E-state index contributed by atoms with van der Waals surface area (Å²) in [6.45, 7) is -44.8. The van der Waals surface area contributed by atoms with E-state index in [1.807, 2.05) is 0 Å². The summed E-state index contributed by atoms with van der Waals surface area (Å²) in [6, 6.07) is -1.05. The number of ether oxygens (including phenoxy) is 2. The van der Waals surface area contributed by atoms with E-state index in [0.717, 1.165) is 92.7 Å². The number of fused-ring (bicyclic) bond motifs is 2. The number of carbonyl (C=O) groups is 2. The van der Waals surface area contributed by atoms with Gasteiger partial charge in [-0.25, -0.2) is 17.6 Å². The van der Waals surface area contributed by atoms with E-state index in [1.165, 1.54) is 0 Å². The largest absolute Gasteiger partial charge is 0.416 e. The average molecular weight is 1550 g/mol. The normalized spacial score (nSPS) is 26.1. The van der Waals surface area contributed by atoms with Crippen molar-refractivity contribution in [1.29, 1.82) is 0 Å². The summed E-state index contributed by atoms with van der Waals surface area (Å²) in [6.07, 6.45) is -28.5. The molecule has 0 radical (unpaired) electrons. The van der Waals surface area contributed by atoms with Crippen molar-refractivity contribution in [3.05, 3.63) is 270 Å². The smallest absolute Gasteiger partial charge is 0.383 e. The van der Waals surface area contributed by atoms with Crippen LogP contribution in [0.4, 0.5) is 43.9 Å². The molecule has 106 heavy (non-hydrogen) atoms. The van der Waals surface area contributed by atoms with Crippen LogP contribution in [-0.2, 0) is 68.9 Å². The molecule has 0 spiro atoms. The lowest BCUT2D eigenvalue weighted by Gasteiger charge is -2.39. The molecule has 556 valence electrons. The van der Waals surface area contributed by atoms with Gasteiger partial charge in [0, 0.05) is 148 Å². The maximum absolute atomic E-state index is 15.9. The molecule has 0 saturated carbocycles. The molecule has 4 heterocycles. The van der Waals surface area contributed by atoms with Crippen LogP contribution in [0.25, 0.3) is 44.1 Å². The molecule has 0 N–H and O–H groups in total. The maximum atomic E-state index is 15.9. The summed E-state index contributed by atoms with van der Waals surface area (Å²) < 4.78 is 555. The van der Waals surface area contributed by atoms with Crippen LogP contribution < -0.4 is 10.9 Å². The number of hydrogen-bond donors (Lipinski definition) is 0. The number of piperidine rings is 2. The van der Waals surface area contributed by atoms with Gasteiger partial charge in [0.05, 0.1) is 83.7 Å². The number of thioether (sulfide) groups is 2. The highest BCUT2D eigenvalue weighted by Gasteiger charge is 2.34. The second-order valence-electron chi connectivity index (χ2n) is 21.8. The first kappa shape index (κ1) is 38.2. The van der Waals surface area contributed by atoms with Crippen LogP contribution in [0.3, 0.4) is 0 Å². The zero-order chi connectivity index (χ0) is 116. The molecular weight excluding hydrogens is 1420 g/mol. The van der Waals surface area contributed by atoms with Crippen LogP contribution in [0.15, 0.2) is 201 Å². The van der Waals surface area contributed by atoms with Gasteiger partial charge in [-0.1, -0.05) is 120 Å². The third-order valence-corrected chi connectivity index (χ3v) is 16.4. The lowest BCUT2D eigenvalue weighted by Crippen LogP contribution is -2.48. The van der Waals surface area contributed by atoms with Gasteiger partial charge in [0.1, 0.15) is 13.0 Å². The third-order valence-electron chi connectivity index (χ3n) is 14.6. The number of halogens is 10. The van der Waals surface area contributed by atoms with Gasteiger partial charge < -0.3 is 38.2 Å². The maximum Gasteiger partial charge on any atom is 0.416 e. The first-order chi connectivity index (χ1) is 68.5. The number of rotatable bonds is 24. The highest BCUT2D eigenvalue weighted by atomic mass is 32.2. The van der Waals surface area contributed by atoms with Crippen molar-refractivity contribution in [3.63, 3.8) is 0 Å². The van der Waals surface area contributed by atoms with Crippen molar-refractivity contribution < 1.29 is 126 Å². The number of pyridine rings is 2. The molecule has 12 nitrogen and oxygen atoms in total. The molecule has 2 aliphatic rings.